The number of likely N-dealkylation sites (N-methyl/N-ethyl adjacent to an activating group) is 1. The molecule has 4 aromatic heterocycles. The van der Waals surface area contributed by atoms with Crippen LogP contribution in [0.1, 0.15) is 28.8 Å². The van der Waals surface area contributed by atoms with Crippen LogP contribution in [0.15, 0.2) is 80.0 Å². The van der Waals surface area contributed by atoms with Crippen LogP contribution in [0.5, 0.6) is 0 Å². The first-order valence-electron chi connectivity index (χ1n) is 13.8. The third kappa shape index (κ3) is 5.47. The van der Waals surface area contributed by atoms with Crippen LogP contribution in [0.25, 0.3) is 39.1 Å². The van der Waals surface area contributed by atoms with Crippen molar-refractivity contribution >= 4 is 28.1 Å². The van der Waals surface area contributed by atoms with E-state index < -0.39 is 0 Å². The standard InChI is InChI=1S/C33H34N8/c1-20(19-41(4)5)36-27-14-26(15-34-16-27)29-11-12-30-33(38-29)32(40-39-30)22(3)37-31-18-35-17-28(21(31)2)25-10-9-23-7-6-8-24(23)13-25/h9-18,36-37H,1,3,6-8,19H2,2,4-5H3,(H,39,40). The van der Waals surface area contributed by atoms with Gasteiger partial charge in [-0.25, -0.2) is 4.98 Å². The van der Waals surface area contributed by atoms with Gasteiger partial charge in [0.25, 0.3) is 0 Å². The van der Waals surface area contributed by atoms with Crippen LogP contribution in [0, 0.1) is 6.92 Å². The zero-order valence-corrected chi connectivity index (χ0v) is 23.8. The molecule has 0 saturated heterocycles. The van der Waals surface area contributed by atoms with Crippen LogP contribution < -0.4 is 10.6 Å². The van der Waals surface area contributed by atoms with Crippen molar-refractivity contribution in [1.82, 2.24) is 30.0 Å². The molecule has 6 rings (SSSR count). The number of aryl methyl sites for hydroxylation is 2. The zero-order chi connectivity index (χ0) is 28.5. The molecule has 41 heavy (non-hydrogen) atoms. The Hall–Kier alpha value is -4.82. The highest BCUT2D eigenvalue weighted by Crippen LogP contribution is 2.33. The van der Waals surface area contributed by atoms with Gasteiger partial charge in [-0.2, -0.15) is 5.10 Å². The summed E-state index contributed by atoms with van der Waals surface area (Å²) in [6, 6.07) is 12.7. The van der Waals surface area contributed by atoms with Crippen LogP contribution in [0.4, 0.5) is 11.4 Å². The van der Waals surface area contributed by atoms with Crippen molar-refractivity contribution in [1.29, 1.82) is 0 Å². The van der Waals surface area contributed by atoms with Crippen LogP contribution in [-0.2, 0) is 12.8 Å². The SMILES string of the molecule is C=C(CN(C)C)Nc1cncc(-c2ccc3[nH]nc(C(=C)Nc4cncc(-c5ccc6c(c5)CCC6)c4C)c3n2)c1. The van der Waals surface area contributed by atoms with Crippen LogP contribution >= 0.6 is 0 Å². The van der Waals surface area contributed by atoms with Gasteiger partial charge in [0, 0.05) is 35.8 Å². The number of fused-ring (bicyclic) bond motifs is 2. The smallest absolute Gasteiger partial charge is 0.134 e. The molecular formula is C33H34N8. The molecule has 1 aliphatic rings. The summed E-state index contributed by atoms with van der Waals surface area (Å²) in [7, 11) is 4.02. The van der Waals surface area contributed by atoms with Crippen molar-refractivity contribution in [3.8, 4) is 22.4 Å². The van der Waals surface area contributed by atoms with E-state index in [1.807, 2.05) is 44.7 Å². The number of anilines is 2. The van der Waals surface area contributed by atoms with E-state index in [4.69, 9.17) is 4.98 Å². The van der Waals surface area contributed by atoms with E-state index in [2.05, 4.69) is 74.0 Å². The second-order valence-electron chi connectivity index (χ2n) is 10.9. The number of aromatic nitrogens is 5. The number of nitrogens with one attached hydrogen (secondary N) is 3. The number of H-pyrrole nitrogens is 1. The van der Waals surface area contributed by atoms with Gasteiger partial charge in [0.1, 0.15) is 11.2 Å². The van der Waals surface area contributed by atoms with Crippen molar-refractivity contribution in [2.75, 3.05) is 31.3 Å². The third-order valence-corrected chi connectivity index (χ3v) is 7.47. The lowest BCUT2D eigenvalue weighted by Gasteiger charge is -2.15. The highest BCUT2D eigenvalue weighted by Gasteiger charge is 2.17. The van der Waals surface area contributed by atoms with Crippen molar-refractivity contribution in [2.45, 2.75) is 26.2 Å². The molecule has 8 heteroatoms. The van der Waals surface area contributed by atoms with E-state index in [9.17, 15) is 0 Å². The number of aromatic amines is 1. The molecule has 0 atom stereocenters. The molecule has 1 aromatic carbocycles. The summed E-state index contributed by atoms with van der Waals surface area (Å²) in [5, 5.41) is 14.4. The maximum Gasteiger partial charge on any atom is 0.134 e. The van der Waals surface area contributed by atoms with E-state index in [-0.39, 0.29) is 0 Å². The second-order valence-corrected chi connectivity index (χ2v) is 10.9. The Morgan fingerprint density at radius 1 is 0.927 bits per heavy atom. The minimum absolute atomic E-state index is 0.644. The number of nitrogens with zero attached hydrogens (tertiary/aromatic N) is 5. The molecule has 0 spiro atoms. The predicted octanol–water partition coefficient (Wildman–Crippen LogP) is 6.45. The average Bonchev–Trinajstić information content (AvgIpc) is 3.60. The molecule has 0 amide bonds. The quantitative estimate of drug-likeness (QED) is 0.197. The third-order valence-electron chi connectivity index (χ3n) is 7.47. The van der Waals surface area contributed by atoms with E-state index in [1.54, 1.807) is 12.4 Å². The number of benzene rings is 1. The molecule has 4 heterocycles. The van der Waals surface area contributed by atoms with E-state index in [0.29, 0.717) is 11.4 Å². The molecule has 0 unspecified atom stereocenters. The number of hydrogen-bond acceptors (Lipinski definition) is 7. The first-order valence-corrected chi connectivity index (χ1v) is 13.8. The summed E-state index contributed by atoms with van der Waals surface area (Å²) in [6.45, 7) is 11.3. The largest absolute Gasteiger partial charge is 0.357 e. The van der Waals surface area contributed by atoms with Gasteiger partial charge in [0.15, 0.2) is 0 Å². The Bertz CT molecular complexity index is 1780. The van der Waals surface area contributed by atoms with Crippen LogP contribution in [0.3, 0.4) is 0 Å². The first-order chi connectivity index (χ1) is 19.9. The molecule has 5 aromatic rings. The molecule has 0 aliphatic heterocycles. The lowest BCUT2D eigenvalue weighted by molar-refractivity contribution is 0.447. The Morgan fingerprint density at radius 2 is 1.76 bits per heavy atom. The molecular weight excluding hydrogens is 508 g/mol. The summed E-state index contributed by atoms with van der Waals surface area (Å²) in [4.78, 5) is 16.0. The summed E-state index contributed by atoms with van der Waals surface area (Å²) in [5.41, 5.74) is 13.5. The topological polar surface area (TPSA) is 94.7 Å². The highest BCUT2D eigenvalue weighted by atomic mass is 15.1. The first kappa shape index (κ1) is 26.4. The van der Waals surface area contributed by atoms with Crippen molar-refractivity contribution in [2.24, 2.45) is 0 Å². The van der Waals surface area contributed by atoms with Gasteiger partial charge < -0.3 is 15.5 Å². The Kier molecular flexibility index (Phi) is 7.07. The number of hydrogen-bond donors (Lipinski definition) is 3. The van der Waals surface area contributed by atoms with Gasteiger partial charge in [0.05, 0.1) is 40.7 Å². The van der Waals surface area contributed by atoms with Crippen molar-refractivity contribution in [3.05, 3.63) is 102 Å². The minimum Gasteiger partial charge on any atom is -0.357 e. The zero-order valence-electron chi connectivity index (χ0n) is 23.8. The van der Waals surface area contributed by atoms with E-state index in [0.717, 1.165) is 63.5 Å². The molecule has 0 radical (unpaired) electrons. The molecule has 8 nitrogen and oxygen atoms in total. The molecule has 1 aliphatic carbocycles. The summed E-state index contributed by atoms with van der Waals surface area (Å²) in [5.74, 6) is 0. The average molecular weight is 543 g/mol. The van der Waals surface area contributed by atoms with Gasteiger partial charge in [-0.05, 0) is 80.7 Å². The predicted molar refractivity (Wildman–Crippen MR) is 168 cm³/mol. The summed E-state index contributed by atoms with van der Waals surface area (Å²) in [6.07, 6.45) is 10.9. The lowest BCUT2D eigenvalue weighted by Crippen LogP contribution is -2.18. The maximum atomic E-state index is 4.95. The van der Waals surface area contributed by atoms with Gasteiger partial charge >= 0.3 is 0 Å². The highest BCUT2D eigenvalue weighted by molar-refractivity contribution is 5.92. The Balaban J connectivity index is 1.26. The fourth-order valence-electron chi connectivity index (χ4n) is 5.45. The second kappa shape index (κ2) is 11.0. The van der Waals surface area contributed by atoms with Crippen molar-refractivity contribution < 1.29 is 0 Å². The van der Waals surface area contributed by atoms with Gasteiger partial charge in [-0.1, -0.05) is 31.4 Å². The van der Waals surface area contributed by atoms with Gasteiger partial charge in [-0.15, -0.1) is 0 Å². The van der Waals surface area contributed by atoms with Crippen molar-refractivity contribution in [3.63, 3.8) is 0 Å². The van der Waals surface area contributed by atoms with Crippen LogP contribution in [0.2, 0.25) is 0 Å². The van der Waals surface area contributed by atoms with E-state index in [1.165, 1.54) is 29.5 Å². The lowest BCUT2D eigenvalue weighted by atomic mass is 9.98. The molecule has 3 N–H and O–H groups in total. The normalized spacial score (nSPS) is 12.5. The molecule has 206 valence electrons. The van der Waals surface area contributed by atoms with E-state index >= 15 is 0 Å². The molecule has 0 bridgehead atoms. The molecule has 0 fully saturated rings. The summed E-state index contributed by atoms with van der Waals surface area (Å²) < 4.78 is 0. The number of rotatable bonds is 9. The van der Waals surface area contributed by atoms with Gasteiger partial charge in [0.2, 0.25) is 0 Å². The number of pyridine rings is 3. The maximum absolute atomic E-state index is 4.95. The summed E-state index contributed by atoms with van der Waals surface area (Å²) >= 11 is 0. The Morgan fingerprint density at radius 3 is 2.61 bits per heavy atom. The minimum atomic E-state index is 0.644. The monoisotopic (exact) mass is 542 g/mol. The fourth-order valence-corrected chi connectivity index (χ4v) is 5.45. The fraction of sp³-hybridized carbons (Fsp3) is 0.212. The molecule has 0 saturated carbocycles. The van der Waals surface area contributed by atoms with Crippen LogP contribution in [-0.4, -0.2) is 50.7 Å². The Labute approximate surface area is 240 Å². The van der Waals surface area contributed by atoms with Gasteiger partial charge in [-0.3, -0.25) is 15.1 Å².